The number of fused-ring (bicyclic) bond motifs is 5. The van der Waals surface area contributed by atoms with E-state index in [4.69, 9.17) is 35.3 Å². The summed E-state index contributed by atoms with van der Waals surface area (Å²) in [6, 6.07) is 16.5. The number of likely N-dealkylation sites (N-methyl/N-ethyl adjacent to an activating group) is 1. The standard InChI is InChI=1S/C55H66ClN5O14/c1-31-45(62)60-41(49(66)67)29-32-15-25-42(71-51(69)74-54(5,6)7)38(28-32)39-30-36(22-26-43(39)72-52(70)75-55(8,9)10)44(47(64)58-31)61(11)48(65)40(14-12-13-27-57-50(68)73-53(2,3)4)59-46(63)35-18-16-33(17-19-35)34-20-23-37(56)24-21-34/h15-26,28,30-31,40-41,44H,12-14,27,29H2,1-11H3,(H,57,68)(H,58,64)(H,59,63)(H,60,62)(H,66,67)/t31-,40-,41-,44-/m0/s1. The molecule has 75 heavy (non-hydrogen) atoms. The van der Waals surface area contributed by atoms with Gasteiger partial charge in [0.05, 0.1) is 0 Å². The number of rotatable bonds is 13. The van der Waals surface area contributed by atoms with Crippen LogP contribution in [0.3, 0.4) is 0 Å². The van der Waals surface area contributed by atoms with Gasteiger partial charge in [0.2, 0.25) is 17.7 Å². The molecular formula is C55H66ClN5O14. The first-order valence-electron chi connectivity index (χ1n) is 24.3. The number of carbonyl (C=O) groups excluding carboxylic acids is 7. The van der Waals surface area contributed by atoms with Gasteiger partial charge in [0.1, 0.15) is 52.5 Å². The zero-order valence-electron chi connectivity index (χ0n) is 44.0. The lowest BCUT2D eigenvalue weighted by atomic mass is 9.93. The Morgan fingerprint density at radius 2 is 1.24 bits per heavy atom. The smallest absolute Gasteiger partial charge is 0.480 e. The van der Waals surface area contributed by atoms with Gasteiger partial charge in [0.15, 0.2) is 0 Å². The van der Waals surface area contributed by atoms with Crippen LogP contribution in [0.2, 0.25) is 5.02 Å². The number of carboxylic acids is 1. The van der Waals surface area contributed by atoms with Crippen molar-refractivity contribution >= 4 is 59.6 Å². The number of nitrogens with zero attached hydrogens (tertiary/aromatic N) is 1. The quantitative estimate of drug-likeness (QED) is 0.0363. The second-order valence-corrected chi connectivity index (χ2v) is 21.4. The lowest BCUT2D eigenvalue weighted by Crippen LogP contribution is -2.54. The fourth-order valence-corrected chi connectivity index (χ4v) is 7.82. The van der Waals surface area contributed by atoms with Gasteiger partial charge in [-0.05, 0) is 159 Å². The van der Waals surface area contributed by atoms with E-state index >= 15 is 4.79 Å². The van der Waals surface area contributed by atoms with Crippen LogP contribution >= 0.6 is 11.6 Å². The van der Waals surface area contributed by atoms with Gasteiger partial charge in [0.25, 0.3) is 5.91 Å². The number of amides is 5. The van der Waals surface area contributed by atoms with Crippen molar-refractivity contribution in [1.29, 1.82) is 0 Å². The van der Waals surface area contributed by atoms with E-state index in [1.165, 1.54) is 50.4 Å². The van der Waals surface area contributed by atoms with Gasteiger partial charge in [-0.2, -0.15) is 0 Å². The van der Waals surface area contributed by atoms with Crippen molar-refractivity contribution in [2.45, 2.75) is 136 Å². The molecule has 0 aromatic heterocycles. The molecule has 4 aromatic rings. The molecule has 20 heteroatoms. The minimum absolute atomic E-state index is 0.0165. The van der Waals surface area contributed by atoms with Crippen LogP contribution in [-0.4, -0.2) is 107 Å². The average molecular weight is 1060 g/mol. The van der Waals surface area contributed by atoms with E-state index in [-0.39, 0.29) is 59.6 Å². The summed E-state index contributed by atoms with van der Waals surface area (Å²) in [6.07, 6.45) is -2.52. The fourth-order valence-electron chi connectivity index (χ4n) is 7.69. The predicted molar refractivity (Wildman–Crippen MR) is 278 cm³/mol. The summed E-state index contributed by atoms with van der Waals surface area (Å²) in [4.78, 5) is 110. The number of carboxylic acid groups (broad SMARTS) is 1. The lowest BCUT2D eigenvalue weighted by Gasteiger charge is -2.32. The first-order valence-corrected chi connectivity index (χ1v) is 24.7. The van der Waals surface area contributed by atoms with E-state index in [1.54, 1.807) is 98.7 Å². The maximum absolute atomic E-state index is 15.1. The highest BCUT2D eigenvalue weighted by Gasteiger charge is 2.37. The molecule has 1 aliphatic heterocycles. The molecule has 1 heterocycles. The van der Waals surface area contributed by atoms with E-state index in [9.17, 15) is 38.7 Å². The van der Waals surface area contributed by atoms with Crippen molar-refractivity contribution in [1.82, 2.24) is 26.2 Å². The molecule has 4 atom stereocenters. The molecule has 0 saturated carbocycles. The number of ether oxygens (including phenoxy) is 5. The van der Waals surface area contributed by atoms with Gasteiger partial charge in [-0.25, -0.2) is 19.2 Å². The lowest BCUT2D eigenvalue weighted by molar-refractivity contribution is -0.143. The van der Waals surface area contributed by atoms with Gasteiger partial charge < -0.3 is 55.0 Å². The molecule has 0 spiro atoms. The number of carbonyl (C=O) groups is 8. The predicted octanol–water partition coefficient (Wildman–Crippen LogP) is 8.93. The number of hydrogen-bond acceptors (Lipinski definition) is 13. The third-order valence-corrected chi connectivity index (χ3v) is 11.4. The number of unbranched alkanes of at least 4 members (excludes halogenated alkanes) is 1. The zero-order chi connectivity index (χ0) is 55.6. The molecule has 0 radical (unpaired) electrons. The minimum Gasteiger partial charge on any atom is -0.480 e. The Morgan fingerprint density at radius 3 is 1.79 bits per heavy atom. The Kier molecular flexibility index (Phi) is 19.1. The zero-order valence-corrected chi connectivity index (χ0v) is 44.8. The molecule has 4 aromatic carbocycles. The third kappa shape index (κ3) is 17.5. The number of hydrogen-bond donors (Lipinski definition) is 5. The van der Waals surface area contributed by atoms with Crippen molar-refractivity contribution in [3.63, 3.8) is 0 Å². The number of halogens is 1. The van der Waals surface area contributed by atoms with Gasteiger partial charge in [-0.1, -0.05) is 48.0 Å². The summed E-state index contributed by atoms with van der Waals surface area (Å²) in [6.45, 7) is 16.5. The summed E-state index contributed by atoms with van der Waals surface area (Å²) >= 11 is 6.09. The number of nitrogens with one attached hydrogen (secondary N) is 4. The van der Waals surface area contributed by atoms with Crippen molar-refractivity contribution in [2.75, 3.05) is 13.6 Å². The Hall–Kier alpha value is -7.67. The van der Waals surface area contributed by atoms with Crippen molar-refractivity contribution in [3.8, 4) is 33.8 Å². The summed E-state index contributed by atoms with van der Waals surface area (Å²) in [5.41, 5.74) is -0.410. The molecule has 1 aliphatic rings. The van der Waals surface area contributed by atoms with E-state index < -0.39 is 89.0 Å². The van der Waals surface area contributed by atoms with Gasteiger partial charge in [-0.15, -0.1) is 0 Å². The minimum atomic E-state index is -1.62. The maximum Gasteiger partial charge on any atom is 0.514 e. The molecule has 0 saturated heterocycles. The molecule has 5 N–H and O–H groups in total. The van der Waals surface area contributed by atoms with Crippen LogP contribution in [0.25, 0.3) is 22.3 Å². The fraction of sp³-hybridized carbons (Fsp3) is 0.418. The highest BCUT2D eigenvalue weighted by Crippen LogP contribution is 2.41. The molecule has 402 valence electrons. The van der Waals surface area contributed by atoms with Gasteiger partial charge in [-0.3, -0.25) is 19.2 Å². The average Bonchev–Trinajstić information content (AvgIpc) is 3.29. The molecule has 4 bridgehead atoms. The number of alkyl carbamates (subject to hydrolysis) is 1. The second-order valence-electron chi connectivity index (χ2n) is 20.9. The van der Waals surface area contributed by atoms with E-state index in [1.807, 2.05) is 12.1 Å². The summed E-state index contributed by atoms with van der Waals surface area (Å²) in [5, 5.41) is 21.4. The topological polar surface area (TPSA) is 254 Å². The maximum atomic E-state index is 15.1. The third-order valence-electron chi connectivity index (χ3n) is 11.1. The van der Waals surface area contributed by atoms with Crippen LogP contribution < -0.4 is 30.7 Å². The number of aliphatic carboxylic acids is 1. The van der Waals surface area contributed by atoms with E-state index in [0.29, 0.717) is 17.0 Å². The Balaban J connectivity index is 1.63. The largest absolute Gasteiger partial charge is 0.514 e. The molecule has 19 nitrogen and oxygen atoms in total. The number of benzene rings is 4. The molecule has 5 rings (SSSR count). The van der Waals surface area contributed by atoms with Crippen LogP contribution in [0.5, 0.6) is 11.5 Å². The van der Waals surface area contributed by atoms with Gasteiger partial charge >= 0.3 is 24.4 Å². The van der Waals surface area contributed by atoms with Crippen molar-refractivity contribution in [2.24, 2.45) is 0 Å². The van der Waals surface area contributed by atoms with Crippen LogP contribution in [0.1, 0.15) is 116 Å². The molecular weight excluding hydrogens is 990 g/mol. The van der Waals surface area contributed by atoms with Crippen LogP contribution in [-0.2, 0) is 39.8 Å². The molecule has 5 amide bonds. The normalized spacial score (nSPS) is 16.3. The molecule has 0 unspecified atom stereocenters. The Labute approximate surface area is 441 Å². The van der Waals surface area contributed by atoms with Crippen molar-refractivity contribution in [3.05, 3.63) is 107 Å². The first-order chi connectivity index (χ1) is 35.0. The first kappa shape index (κ1) is 58.2. The summed E-state index contributed by atoms with van der Waals surface area (Å²) < 4.78 is 27.8. The van der Waals surface area contributed by atoms with Crippen molar-refractivity contribution < 1.29 is 67.1 Å². The molecule has 0 aliphatic carbocycles. The highest BCUT2D eigenvalue weighted by atomic mass is 35.5. The Bertz CT molecular complexity index is 2760. The molecule has 0 fully saturated rings. The summed E-state index contributed by atoms with van der Waals surface area (Å²) in [5.74, 6) is -4.86. The van der Waals surface area contributed by atoms with E-state index in [0.717, 1.165) is 16.0 Å². The SMILES string of the molecule is C[C@@H]1NC(=O)[C@@H](N(C)C(=O)[C@H](CCCCNC(=O)OC(C)(C)C)NC(=O)c2ccc(-c3ccc(Cl)cc3)cc2)c2ccc(OC(=O)OC(C)(C)C)c(c2)-c2cc(ccc2OC(=O)OC(C)(C)C)C[C@@H](C(=O)O)NC1=O. The highest BCUT2D eigenvalue weighted by molar-refractivity contribution is 6.30. The summed E-state index contributed by atoms with van der Waals surface area (Å²) in [7, 11) is 1.33. The van der Waals surface area contributed by atoms with Gasteiger partial charge in [0, 0.05) is 41.7 Å². The Morgan fingerprint density at radius 1 is 0.707 bits per heavy atom. The van der Waals surface area contributed by atoms with Crippen LogP contribution in [0.4, 0.5) is 14.4 Å². The van der Waals surface area contributed by atoms with Crippen LogP contribution in [0.15, 0.2) is 84.9 Å². The second kappa shape index (κ2) is 24.6. The van der Waals surface area contributed by atoms with E-state index in [2.05, 4.69) is 21.3 Å². The van der Waals surface area contributed by atoms with Crippen LogP contribution in [0, 0.1) is 0 Å². The monoisotopic (exact) mass is 1060 g/mol.